The van der Waals surface area contributed by atoms with Crippen LogP contribution >= 0.6 is 15.9 Å². The summed E-state index contributed by atoms with van der Waals surface area (Å²) in [4.78, 5) is 0. The molecule has 0 aliphatic rings. The Kier molecular flexibility index (Phi) is 9.22. The van der Waals surface area contributed by atoms with E-state index >= 15 is 0 Å². The zero-order valence-electron chi connectivity index (χ0n) is 10.5. The minimum atomic E-state index is -0.457. The van der Waals surface area contributed by atoms with Crippen LogP contribution in [0.1, 0.15) is 27.2 Å². The standard InChI is InChI=1S/C12H24BrNO2/c1-9(2)5-11(4)16-8-12(15)7-14-6-10(3)13/h9,11-12,14-15H,3,5-8H2,1-2,4H3. The normalized spacial score (nSPS) is 15.1. The molecule has 0 amide bonds. The van der Waals surface area contributed by atoms with E-state index in [0.29, 0.717) is 25.6 Å². The molecule has 16 heavy (non-hydrogen) atoms. The number of nitrogens with one attached hydrogen (secondary N) is 1. The Morgan fingerprint density at radius 3 is 2.56 bits per heavy atom. The summed E-state index contributed by atoms with van der Waals surface area (Å²) in [7, 11) is 0. The molecule has 0 aromatic carbocycles. The Morgan fingerprint density at radius 2 is 2.06 bits per heavy atom. The Hall–Kier alpha value is 0.1000. The molecule has 0 saturated heterocycles. The highest BCUT2D eigenvalue weighted by atomic mass is 79.9. The van der Waals surface area contributed by atoms with Gasteiger partial charge in [-0.15, -0.1) is 0 Å². The third-order valence-corrected chi connectivity index (χ3v) is 2.35. The average molecular weight is 294 g/mol. The van der Waals surface area contributed by atoms with E-state index in [1.165, 1.54) is 0 Å². The predicted molar refractivity (Wildman–Crippen MR) is 71.8 cm³/mol. The van der Waals surface area contributed by atoms with E-state index in [-0.39, 0.29) is 6.10 Å². The zero-order chi connectivity index (χ0) is 12.6. The Morgan fingerprint density at radius 1 is 1.44 bits per heavy atom. The zero-order valence-corrected chi connectivity index (χ0v) is 12.1. The number of hydrogen-bond acceptors (Lipinski definition) is 3. The quantitative estimate of drug-likeness (QED) is 0.685. The molecule has 0 bridgehead atoms. The van der Waals surface area contributed by atoms with Crippen LogP contribution in [0.2, 0.25) is 0 Å². The van der Waals surface area contributed by atoms with Gasteiger partial charge in [0.05, 0.1) is 18.8 Å². The maximum Gasteiger partial charge on any atom is 0.0897 e. The van der Waals surface area contributed by atoms with Crippen molar-refractivity contribution >= 4 is 15.9 Å². The molecule has 0 saturated carbocycles. The highest BCUT2D eigenvalue weighted by molar-refractivity contribution is 9.11. The lowest BCUT2D eigenvalue weighted by molar-refractivity contribution is -0.00820. The number of rotatable bonds is 9. The maximum absolute atomic E-state index is 9.61. The van der Waals surface area contributed by atoms with Gasteiger partial charge >= 0.3 is 0 Å². The second kappa shape index (κ2) is 9.16. The lowest BCUT2D eigenvalue weighted by Gasteiger charge is -2.18. The van der Waals surface area contributed by atoms with Crippen LogP contribution in [0.15, 0.2) is 11.1 Å². The lowest BCUT2D eigenvalue weighted by atomic mass is 10.1. The van der Waals surface area contributed by atoms with Gasteiger partial charge in [-0.2, -0.15) is 0 Å². The third-order valence-electron chi connectivity index (χ3n) is 2.07. The highest BCUT2D eigenvalue weighted by Gasteiger charge is 2.09. The summed E-state index contributed by atoms with van der Waals surface area (Å²) in [6.45, 7) is 11.7. The van der Waals surface area contributed by atoms with Crippen LogP contribution in [0.5, 0.6) is 0 Å². The fraction of sp³-hybridized carbons (Fsp3) is 0.833. The van der Waals surface area contributed by atoms with E-state index in [4.69, 9.17) is 4.74 Å². The van der Waals surface area contributed by atoms with Crippen molar-refractivity contribution in [1.82, 2.24) is 5.32 Å². The van der Waals surface area contributed by atoms with Crippen molar-refractivity contribution < 1.29 is 9.84 Å². The lowest BCUT2D eigenvalue weighted by Crippen LogP contribution is -2.32. The topological polar surface area (TPSA) is 41.5 Å². The molecule has 0 rings (SSSR count). The first kappa shape index (κ1) is 16.1. The minimum absolute atomic E-state index is 0.209. The number of ether oxygens (including phenoxy) is 1. The molecule has 0 fully saturated rings. The second-order valence-corrected chi connectivity index (χ2v) is 5.70. The van der Waals surface area contributed by atoms with E-state index in [1.807, 2.05) is 6.92 Å². The molecule has 0 radical (unpaired) electrons. The minimum Gasteiger partial charge on any atom is -0.389 e. The summed E-state index contributed by atoms with van der Waals surface area (Å²) < 4.78 is 6.43. The van der Waals surface area contributed by atoms with Gasteiger partial charge in [-0.3, -0.25) is 0 Å². The average Bonchev–Trinajstić information content (AvgIpc) is 2.13. The van der Waals surface area contributed by atoms with Crippen LogP contribution in [-0.4, -0.2) is 37.0 Å². The van der Waals surface area contributed by atoms with Gasteiger partial charge in [0.2, 0.25) is 0 Å². The summed E-state index contributed by atoms with van der Waals surface area (Å²) >= 11 is 3.24. The largest absolute Gasteiger partial charge is 0.389 e. The molecule has 0 aromatic heterocycles. The molecule has 0 spiro atoms. The summed E-state index contributed by atoms with van der Waals surface area (Å²) in [6.07, 6.45) is 0.778. The molecule has 96 valence electrons. The van der Waals surface area contributed by atoms with E-state index in [2.05, 4.69) is 41.7 Å². The molecule has 0 aliphatic carbocycles. The first-order chi connectivity index (χ1) is 7.41. The molecule has 0 heterocycles. The van der Waals surface area contributed by atoms with Crippen molar-refractivity contribution in [1.29, 1.82) is 0 Å². The van der Waals surface area contributed by atoms with E-state index in [9.17, 15) is 5.11 Å². The van der Waals surface area contributed by atoms with E-state index < -0.39 is 6.10 Å². The second-order valence-electron chi connectivity index (χ2n) is 4.58. The number of halogens is 1. The third kappa shape index (κ3) is 10.6. The van der Waals surface area contributed by atoms with Crippen molar-refractivity contribution in [2.75, 3.05) is 19.7 Å². The van der Waals surface area contributed by atoms with Crippen molar-refractivity contribution in [2.45, 2.75) is 39.4 Å². The van der Waals surface area contributed by atoms with Crippen molar-refractivity contribution in [3.05, 3.63) is 11.1 Å². The fourth-order valence-corrected chi connectivity index (χ4v) is 1.64. The number of hydrogen-bond donors (Lipinski definition) is 2. The molecule has 2 atom stereocenters. The molecule has 0 aliphatic heterocycles. The summed E-state index contributed by atoms with van der Waals surface area (Å²) in [5.74, 6) is 0.627. The summed E-state index contributed by atoms with van der Waals surface area (Å²) in [6, 6.07) is 0. The first-order valence-corrected chi connectivity index (χ1v) is 6.54. The molecule has 4 heteroatoms. The smallest absolute Gasteiger partial charge is 0.0897 e. The van der Waals surface area contributed by atoms with Crippen LogP contribution in [0.25, 0.3) is 0 Å². The van der Waals surface area contributed by atoms with E-state index in [1.54, 1.807) is 0 Å². The van der Waals surface area contributed by atoms with Crippen molar-refractivity contribution in [2.24, 2.45) is 5.92 Å². The molecule has 2 N–H and O–H groups in total. The number of aliphatic hydroxyl groups is 1. The maximum atomic E-state index is 9.61. The van der Waals surface area contributed by atoms with Gasteiger partial charge in [-0.25, -0.2) is 0 Å². The van der Waals surface area contributed by atoms with Crippen molar-refractivity contribution in [3.8, 4) is 0 Å². The molecular formula is C12H24BrNO2. The van der Waals surface area contributed by atoms with Crippen LogP contribution in [0.4, 0.5) is 0 Å². The van der Waals surface area contributed by atoms with Gasteiger partial charge in [0.25, 0.3) is 0 Å². The molecule has 2 unspecified atom stereocenters. The van der Waals surface area contributed by atoms with Gasteiger partial charge < -0.3 is 15.2 Å². The monoisotopic (exact) mass is 293 g/mol. The van der Waals surface area contributed by atoms with E-state index in [0.717, 1.165) is 10.9 Å². The SMILES string of the molecule is C=C(Br)CNCC(O)COC(C)CC(C)C. The Balaban J connectivity index is 3.49. The van der Waals surface area contributed by atoms with Gasteiger partial charge in [-0.05, 0) is 19.3 Å². The summed E-state index contributed by atoms with van der Waals surface area (Å²) in [5, 5.41) is 12.7. The summed E-state index contributed by atoms with van der Waals surface area (Å²) in [5.41, 5.74) is 0. The highest BCUT2D eigenvalue weighted by Crippen LogP contribution is 2.07. The van der Waals surface area contributed by atoms with Gasteiger partial charge in [-0.1, -0.05) is 36.4 Å². The molecule has 3 nitrogen and oxygen atoms in total. The predicted octanol–water partition coefficient (Wildman–Crippen LogP) is 2.30. The van der Waals surface area contributed by atoms with Gasteiger partial charge in [0.15, 0.2) is 0 Å². The molecular weight excluding hydrogens is 270 g/mol. The van der Waals surface area contributed by atoms with Gasteiger partial charge in [0.1, 0.15) is 0 Å². The fourth-order valence-electron chi connectivity index (χ4n) is 1.44. The first-order valence-electron chi connectivity index (χ1n) is 5.75. The number of aliphatic hydroxyl groups excluding tert-OH is 1. The molecule has 0 aromatic rings. The Labute approximate surface area is 107 Å². The van der Waals surface area contributed by atoms with Crippen LogP contribution in [-0.2, 0) is 4.74 Å². The van der Waals surface area contributed by atoms with Gasteiger partial charge in [0, 0.05) is 17.6 Å². The van der Waals surface area contributed by atoms with Crippen LogP contribution in [0, 0.1) is 5.92 Å². The van der Waals surface area contributed by atoms with Crippen LogP contribution in [0.3, 0.4) is 0 Å². The Bertz CT molecular complexity index is 197. The van der Waals surface area contributed by atoms with Crippen molar-refractivity contribution in [3.63, 3.8) is 0 Å². The van der Waals surface area contributed by atoms with Crippen LogP contribution < -0.4 is 5.32 Å².